The third kappa shape index (κ3) is 3.66. The first-order valence-corrected chi connectivity index (χ1v) is 6.51. The van der Waals surface area contributed by atoms with Crippen molar-refractivity contribution in [2.24, 2.45) is 17.6 Å². The van der Waals surface area contributed by atoms with Crippen LogP contribution in [0.15, 0.2) is 12.3 Å². The standard InChI is InChI=1S/C13H22N4/c1-10-15-7-6-13(17-10)16-9-12-4-2-11(8-14)3-5-12/h6-7,11-12H,2-5,8-9,14H2,1H3,(H,15,16,17). The maximum Gasteiger partial charge on any atom is 0.129 e. The van der Waals surface area contributed by atoms with Gasteiger partial charge in [0.1, 0.15) is 11.6 Å². The number of hydrogen-bond acceptors (Lipinski definition) is 4. The maximum absolute atomic E-state index is 5.70. The van der Waals surface area contributed by atoms with Crippen molar-refractivity contribution in [1.29, 1.82) is 0 Å². The largest absolute Gasteiger partial charge is 0.370 e. The van der Waals surface area contributed by atoms with Crippen LogP contribution < -0.4 is 11.1 Å². The fraction of sp³-hybridized carbons (Fsp3) is 0.692. The van der Waals surface area contributed by atoms with E-state index in [1.807, 2.05) is 13.0 Å². The summed E-state index contributed by atoms with van der Waals surface area (Å²) in [6, 6.07) is 1.93. The van der Waals surface area contributed by atoms with E-state index >= 15 is 0 Å². The summed E-state index contributed by atoms with van der Waals surface area (Å²) in [6.45, 7) is 3.79. The van der Waals surface area contributed by atoms with Crippen molar-refractivity contribution in [1.82, 2.24) is 9.97 Å². The van der Waals surface area contributed by atoms with Crippen molar-refractivity contribution in [3.05, 3.63) is 18.1 Å². The summed E-state index contributed by atoms with van der Waals surface area (Å²) in [5, 5.41) is 3.41. The van der Waals surface area contributed by atoms with Crippen molar-refractivity contribution >= 4 is 5.82 Å². The Morgan fingerprint density at radius 2 is 2.00 bits per heavy atom. The molecule has 2 rings (SSSR count). The average molecular weight is 234 g/mol. The van der Waals surface area contributed by atoms with E-state index in [4.69, 9.17) is 5.73 Å². The number of nitrogens with zero attached hydrogens (tertiary/aromatic N) is 2. The van der Waals surface area contributed by atoms with Crippen molar-refractivity contribution in [2.75, 3.05) is 18.4 Å². The summed E-state index contributed by atoms with van der Waals surface area (Å²) in [4.78, 5) is 8.44. The summed E-state index contributed by atoms with van der Waals surface area (Å²) < 4.78 is 0. The summed E-state index contributed by atoms with van der Waals surface area (Å²) in [7, 11) is 0. The van der Waals surface area contributed by atoms with Crippen LogP contribution in [0.5, 0.6) is 0 Å². The van der Waals surface area contributed by atoms with Gasteiger partial charge in [-0.05, 0) is 57.1 Å². The zero-order valence-electron chi connectivity index (χ0n) is 10.5. The molecule has 1 saturated carbocycles. The highest BCUT2D eigenvalue weighted by Gasteiger charge is 2.19. The molecule has 1 heterocycles. The first-order valence-electron chi connectivity index (χ1n) is 6.51. The lowest BCUT2D eigenvalue weighted by molar-refractivity contribution is 0.289. The second-order valence-electron chi connectivity index (χ2n) is 4.99. The Balaban J connectivity index is 1.76. The van der Waals surface area contributed by atoms with Crippen molar-refractivity contribution in [3.8, 4) is 0 Å². The number of aromatic nitrogens is 2. The number of rotatable bonds is 4. The molecule has 3 N–H and O–H groups in total. The molecule has 17 heavy (non-hydrogen) atoms. The van der Waals surface area contributed by atoms with E-state index in [-0.39, 0.29) is 0 Å². The lowest BCUT2D eigenvalue weighted by Crippen LogP contribution is -2.25. The number of nitrogens with one attached hydrogen (secondary N) is 1. The SMILES string of the molecule is Cc1nccc(NCC2CCC(CN)CC2)n1. The molecule has 0 spiro atoms. The Morgan fingerprint density at radius 1 is 1.29 bits per heavy atom. The molecule has 0 amide bonds. The number of hydrogen-bond donors (Lipinski definition) is 2. The fourth-order valence-electron chi connectivity index (χ4n) is 2.47. The van der Waals surface area contributed by atoms with Gasteiger partial charge in [0.15, 0.2) is 0 Å². The van der Waals surface area contributed by atoms with Crippen LogP contribution in [0.25, 0.3) is 0 Å². The molecule has 1 aliphatic rings. The van der Waals surface area contributed by atoms with Gasteiger partial charge in [-0.1, -0.05) is 0 Å². The molecule has 4 heteroatoms. The molecule has 0 bridgehead atoms. The van der Waals surface area contributed by atoms with Crippen LogP contribution >= 0.6 is 0 Å². The zero-order valence-corrected chi connectivity index (χ0v) is 10.5. The lowest BCUT2D eigenvalue weighted by Gasteiger charge is -2.27. The molecule has 94 valence electrons. The van der Waals surface area contributed by atoms with Gasteiger partial charge in [0.25, 0.3) is 0 Å². The summed E-state index contributed by atoms with van der Waals surface area (Å²) in [5.74, 6) is 3.29. The van der Waals surface area contributed by atoms with Gasteiger partial charge in [-0.15, -0.1) is 0 Å². The topological polar surface area (TPSA) is 63.8 Å². The van der Waals surface area contributed by atoms with Gasteiger partial charge < -0.3 is 11.1 Å². The molecular formula is C13H22N4. The van der Waals surface area contributed by atoms with E-state index in [1.165, 1.54) is 25.7 Å². The highest BCUT2D eigenvalue weighted by atomic mass is 15.0. The molecule has 0 unspecified atom stereocenters. The first kappa shape index (κ1) is 12.3. The van der Waals surface area contributed by atoms with Gasteiger partial charge in [-0.2, -0.15) is 0 Å². The molecule has 4 nitrogen and oxygen atoms in total. The predicted molar refractivity (Wildman–Crippen MR) is 69.8 cm³/mol. The molecule has 0 radical (unpaired) electrons. The van der Waals surface area contributed by atoms with E-state index in [0.29, 0.717) is 0 Å². The Kier molecular flexibility index (Phi) is 4.31. The fourth-order valence-corrected chi connectivity index (χ4v) is 2.47. The van der Waals surface area contributed by atoms with E-state index in [1.54, 1.807) is 6.20 Å². The second kappa shape index (κ2) is 5.96. The Hall–Kier alpha value is -1.16. The van der Waals surface area contributed by atoms with E-state index in [2.05, 4.69) is 15.3 Å². The van der Waals surface area contributed by atoms with Crippen LogP contribution in [-0.4, -0.2) is 23.1 Å². The van der Waals surface area contributed by atoms with Gasteiger partial charge in [-0.25, -0.2) is 9.97 Å². The van der Waals surface area contributed by atoms with Crippen LogP contribution in [0, 0.1) is 18.8 Å². The van der Waals surface area contributed by atoms with Gasteiger partial charge in [0.2, 0.25) is 0 Å². The highest BCUT2D eigenvalue weighted by molar-refractivity contribution is 5.32. The van der Waals surface area contributed by atoms with Gasteiger partial charge in [0, 0.05) is 12.7 Å². The molecule has 0 aromatic carbocycles. The summed E-state index contributed by atoms with van der Waals surface area (Å²) in [6.07, 6.45) is 6.95. The van der Waals surface area contributed by atoms with Crippen LogP contribution in [0.4, 0.5) is 5.82 Å². The minimum Gasteiger partial charge on any atom is -0.370 e. The monoisotopic (exact) mass is 234 g/mol. The maximum atomic E-state index is 5.70. The third-order valence-corrected chi connectivity index (χ3v) is 3.65. The molecular weight excluding hydrogens is 212 g/mol. The first-order chi connectivity index (χ1) is 8.28. The molecule has 1 aromatic heterocycles. The Bertz CT molecular complexity index is 345. The van der Waals surface area contributed by atoms with Crippen LogP contribution in [0.2, 0.25) is 0 Å². The van der Waals surface area contributed by atoms with Gasteiger partial charge in [0.05, 0.1) is 0 Å². The molecule has 0 atom stereocenters. The molecule has 1 aliphatic carbocycles. The quantitative estimate of drug-likeness (QED) is 0.836. The Morgan fingerprint density at radius 3 is 2.65 bits per heavy atom. The number of nitrogens with two attached hydrogens (primary N) is 1. The molecule has 1 fully saturated rings. The number of aryl methyl sites for hydroxylation is 1. The third-order valence-electron chi connectivity index (χ3n) is 3.65. The lowest BCUT2D eigenvalue weighted by atomic mass is 9.82. The van der Waals surface area contributed by atoms with E-state index in [9.17, 15) is 0 Å². The number of anilines is 1. The van der Waals surface area contributed by atoms with Crippen LogP contribution in [0.3, 0.4) is 0 Å². The van der Waals surface area contributed by atoms with Gasteiger partial charge in [-0.3, -0.25) is 0 Å². The molecule has 0 aliphatic heterocycles. The minimum absolute atomic E-state index is 0.757. The van der Waals surface area contributed by atoms with Crippen LogP contribution in [-0.2, 0) is 0 Å². The highest BCUT2D eigenvalue weighted by Crippen LogP contribution is 2.28. The smallest absolute Gasteiger partial charge is 0.129 e. The van der Waals surface area contributed by atoms with Crippen LogP contribution in [0.1, 0.15) is 31.5 Å². The predicted octanol–water partition coefficient (Wildman–Crippen LogP) is 1.96. The molecule has 0 saturated heterocycles. The zero-order chi connectivity index (χ0) is 12.1. The summed E-state index contributed by atoms with van der Waals surface area (Å²) in [5.41, 5.74) is 5.70. The van der Waals surface area contributed by atoms with Crippen molar-refractivity contribution in [3.63, 3.8) is 0 Å². The summed E-state index contributed by atoms with van der Waals surface area (Å²) >= 11 is 0. The Labute approximate surface area is 103 Å². The minimum atomic E-state index is 0.757. The average Bonchev–Trinajstić information content (AvgIpc) is 2.37. The van der Waals surface area contributed by atoms with E-state index < -0.39 is 0 Å². The molecule has 1 aromatic rings. The van der Waals surface area contributed by atoms with E-state index in [0.717, 1.165) is 36.6 Å². The van der Waals surface area contributed by atoms with Crippen molar-refractivity contribution < 1.29 is 0 Å². The normalized spacial score (nSPS) is 24.6. The van der Waals surface area contributed by atoms with Gasteiger partial charge >= 0.3 is 0 Å². The van der Waals surface area contributed by atoms with Crippen molar-refractivity contribution in [2.45, 2.75) is 32.6 Å². The second-order valence-corrected chi connectivity index (χ2v) is 4.99.